The number of benzene rings is 2. The molecular formula is C21H16ClN5O2S2. The highest BCUT2D eigenvalue weighted by molar-refractivity contribution is 7.91. The molecule has 0 saturated carbocycles. The van der Waals surface area contributed by atoms with Crippen LogP contribution in [0.5, 0.6) is 0 Å². The summed E-state index contributed by atoms with van der Waals surface area (Å²) in [5.74, 6) is 0.556. The number of halogens is 1. The smallest absolute Gasteiger partial charge is 0.229 e. The van der Waals surface area contributed by atoms with Gasteiger partial charge in [0.15, 0.2) is 11.5 Å². The minimum atomic E-state index is -3.93. The molecule has 0 bridgehead atoms. The number of thiophene rings is 1. The number of rotatable bonds is 5. The van der Waals surface area contributed by atoms with E-state index in [9.17, 15) is 8.42 Å². The summed E-state index contributed by atoms with van der Waals surface area (Å²) in [7, 11) is -3.93. The minimum absolute atomic E-state index is 0.0803. The van der Waals surface area contributed by atoms with Crippen LogP contribution in [0.15, 0.2) is 69.9 Å². The van der Waals surface area contributed by atoms with Gasteiger partial charge in [0.25, 0.3) is 0 Å². The van der Waals surface area contributed by atoms with Gasteiger partial charge >= 0.3 is 0 Å². The monoisotopic (exact) mass is 469 g/mol. The highest BCUT2D eigenvalue weighted by Gasteiger charge is 2.27. The van der Waals surface area contributed by atoms with Crippen molar-refractivity contribution in [1.82, 2.24) is 19.8 Å². The van der Waals surface area contributed by atoms with Crippen molar-refractivity contribution in [1.29, 1.82) is 0 Å². The summed E-state index contributed by atoms with van der Waals surface area (Å²) in [4.78, 5) is 4.71. The van der Waals surface area contributed by atoms with E-state index in [-0.39, 0.29) is 15.6 Å². The molecule has 5 rings (SSSR count). The lowest BCUT2D eigenvalue weighted by Gasteiger charge is -2.09. The maximum Gasteiger partial charge on any atom is 0.229 e. The van der Waals surface area contributed by atoms with Crippen LogP contribution >= 0.6 is 22.9 Å². The van der Waals surface area contributed by atoms with E-state index < -0.39 is 9.84 Å². The van der Waals surface area contributed by atoms with Crippen molar-refractivity contribution < 1.29 is 8.42 Å². The molecule has 0 fully saturated rings. The van der Waals surface area contributed by atoms with Gasteiger partial charge in [-0.05, 0) is 59.8 Å². The van der Waals surface area contributed by atoms with E-state index in [2.05, 4.69) is 33.6 Å². The molecule has 3 heterocycles. The second-order valence-corrected chi connectivity index (χ2v) is 10.1. The second-order valence-electron chi connectivity index (χ2n) is 6.86. The predicted octanol–water partition coefficient (Wildman–Crippen LogP) is 5.13. The second kappa shape index (κ2) is 7.60. The van der Waals surface area contributed by atoms with Crippen molar-refractivity contribution in [2.45, 2.75) is 23.3 Å². The number of aromatic nitrogens is 4. The fraction of sp³-hybridized carbons (Fsp3) is 0.0952. The summed E-state index contributed by atoms with van der Waals surface area (Å²) in [6.07, 6.45) is 0.909. The van der Waals surface area contributed by atoms with Crippen molar-refractivity contribution >= 4 is 60.1 Å². The van der Waals surface area contributed by atoms with Crippen LogP contribution in [0.1, 0.15) is 12.5 Å². The Morgan fingerprint density at radius 1 is 1.13 bits per heavy atom. The number of fused-ring (bicyclic) bond motifs is 3. The van der Waals surface area contributed by atoms with E-state index in [0.717, 1.165) is 22.3 Å². The number of hydrogen-bond acceptors (Lipinski definition) is 7. The third-order valence-corrected chi connectivity index (χ3v) is 7.73. The summed E-state index contributed by atoms with van der Waals surface area (Å²) in [6.45, 7) is 2.09. The standard InChI is InChI=1S/C21H16ClN5O2S2/c1-2-13-4-3-5-15(12-13)23-19-18-17(10-11-30-18)27-20(24-19)21(25-26-27)31(28,29)16-8-6-14(22)7-9-16/h3-12H,2H2,1H3,(H,23,24). The third kappa shape index (κ3) is 3.44. The Balaban J connectivity index is 1.69. The van der Waals surface area contributed by atoms with Crippen molar-refractivity contribution in [3.05, 3.63) is 70.6 Å². The molecule has 10 heteroatoms. The van der Waals surface area contributed by atoms with Gasteiger partial charge in [0.1, 0.15) is 0 Å². The molecule has 7 nitrogen and oxygen atoms in total. The molecule has 1 N–H and O–H groups in total. The Hall–Kier alpha value is -3.01. The van der Waals surface area contributed by atoms with Crippen LogP contribution in [0.25, 0.3) is 15.9 Å². The van der Waals surface area contributed by atoms with Crippen LogP contribution in [0, 0.1) is 0 Å². The van der Waals surface area contributed by atoms with Crippen molar-refractivity contribution in [2.24, 2.45) is 0 Å². The number of aryl methyl sites for hydroxylation is 1. The highest BCUT2D eigenvalue weighted by atomic mass is 35.5. The van der Waals surface area contributed by atoms with Crippen LogP contribution in [-0.4, -0.2) is 28.2 Å². The molecule has 156 valence electrons. The highest BCUT2D eigenvalue weighted by Crippen LogP contribution is 2.33. The van der Waals surface area contributed by atoms with Crippen molar-refractivity contribution in [3.63, 3.8) is 0 Å². The summed E-state index contributed by atoms with van der Waals surface area (Å²) < 4.78 is 28.8. The topological polar surface area (TPSA) is 89.2 Å². The number of nitrogens with zero attached hydrogens (tertiary/aromatic N) is 4. The number of anilines is 2. The molecular weight excluding hydrogens is 454 g/mol. The molecule has 0 aliphatic heterocycles. The lowest BCUT2D eigenvalue weighted by molar-refractivity contribution is 0.592. The average molecular weight is 470 g/mol. The van der Waals surface area contributed by atoms with Gasteiger partial charge < -0.3 is 5.32 Å². The van der Waals surface area contributed by atoms with E-state index in [1.807, 2.05) is 29.6 Å². The molecule has 0 radical (unpaired) electrons. The first-order valence-electron chi connectivity index (χ1n) is 9.46. The van der Waals surface area contributed by atoms with Gasteiger partial charge in [0.2, 0.25) is 14.9 Å². The lowest BCUT2D eigenvalue weighted by Crippen LogP contribution is -2.05. The summed E-state index contributed by atoms with van der Waals surface area (Å²) >= 11 is 7.40. The Morgan fingerprint density at radius 3 is 2.71 bits per heavy atom. The van der Waals surface area contributed by atoms with Crippen LogP contribution in [0.2, 0.25) is 5.02 Å². The maximum atomic E-state index is 13.2. The van der Waals surface area contributed by atoms with Gasteiger partial charge in [-0.3, -0.25) is 0 Å². The van der Waals surface area contributed by atoms with Crippen LogP contribution < -0.4 is 5.32 Å². The zero-order valence-electron chi connectivity index (χ0n) is 16.3. The Bertz CT molecular complexity index is 1530. The molecule has 0 aliphatic rings. The molecule has 0 amide bonds. The SMILES string of the molecule is CCc1cccc(Nc2nc3c(S(=O)(=O)c4ccc(Cl)cc4)nnn3c3ccsc23)c1. The Kier molecular flexibility index (Phi) is 4.88. The maximum absolute atomic E-state index is 13.2. The van der Waals surface area contributed by atoms with E-state index in [0.29, 0.717) is 10.8 Å². The first-order chi connectivity index (χ1) is 15.0. The molecule has 0 aliphatic carbocycles. The van der Waals surface area contributed by atoms with E-state index in [1.165, 1.54) is 45.7 Å². The molecule has 0 spiro atoms. The predicted molar refractivity (Wildman–Crippen MR) is 122 cm³/mol. The number of nitrogens with one attached hydrogen (secondary N) is 1. The Morgan fingerprint density at radius 2 is 1.94 bits per heavy atom. The van der Waals surface area contributed by atoms with Gasteiger partial charge in [0.05, 0.1) is 15.1 Å². The van der Waals surface area contributed by atoms with E-state index in [4.69, 9.17) is 11.6 Å². The van der Waals surface area contributed by atoms with Gasteiger partial charge in [0, 0.05) is 10.7 Å². The molecule has 0 saturated heterocycles. The zero-order chi connectivity index (χ0) is 21.6. The van der Waals surface area contributed by atoms with Gasteiger partial charge in [-0.25, -0.2) is 13.4 Å². The minimum Gasteiger partial charge on any atom is -0.339 e. The Labute approximate surface area is 187 Å². The van der Waals surface area contributed by atoms with Gasteiger partial charge in [-0.2, -0.15) is 4.52 Å². The quantitative estimate of drug-likeness (QED) is 0.383. The molecule has 31 heavy (non-hydrogen) atoms. The number of sulfone groups is 1. The molecule has 3 aromatic heterocycles. The largest absolute Gasteiger partial charge is 0.339 e. The fourth-order valence-electron chi connectivity index (χ4n) is 3.31. The lowest BCUT2D eigenvalue weighted by atomic mass is 10.1. The molecule has 0 unspecified atom stereocenters. The van der Waals surface area contributed by atoms with Gasteiger partial charge in [-0.1, -0.05) is 35.9 Å². The third-order valence-electron chi connectivity index (χ3n) is 4.90. The van der Waals surface area contributed by atoms with Crippen molar-refractivity contribution in [2.75, 3.05) is 5.32 Å². The van der Waals surface area contributed by atoms with Gasteiger partial charge in [-0.15, -0.1) is 16.4 Å². The zero-order valence-corrected chi connectivity index (χ0v) is 18.7. The van der Waals surface area contributed by atoms with E-state index >= 15 is 0 Å². The average Bonchev–Trinajstić information content (AvgIpc) is 3.41. The molecule has 5 aromatic rings. The first-order valence-corrected chi connectivity index (χ1v) is 12.2. The fourth-order valence-corrected chi connectivity index (χ4v) is 5.49. The molecule has 2 aromatic carbocycles. The summed E-state index contributed by atoms with van der Waals surface area (Å²) in [6, 6.07) is 15.8. The summed E-state index contributed by atoms with van der Waals surface area (Å²) in [5.41, 5.74) is 2.95. The van der Waals surface area contributed by atoms with Crippen molar-refractivity contribution in [3.8, 4) is 0 Å². The molecule has 0 atom stereocenters. The van der Waals surface area contributed by atoms with E-state index in [1.54, 1.807) is 0 Å². The van der Waals surface area contributed by atoms with Crippen LogP contribution in [-0.2, 0) is 16.3 Å². The summed E-state index contributed by atoms with van der Waals surface area (Å²) in [5, 5.41) is 13.6. The normalized spacial score (nSPS) is 11.9. The van der Waals surface area contributed by atoms with Crippen LogP contribution in [0.4, 0.5) is 11.5 Å². The first kappa shape index (κ1) is 19.9. The van der Waals surface area contributed by atoms with Crippen LogP contribution in [0.3, 0.4) is 0 Å². The number of hydrogen-bond donors (Lipinski definition) is 1.